The second kappa shape index (κ2) is 8.36. The molecule has 150 valence electrons. The van der Waals surface area contributed by atoms with Crippen LogP contribution in [0, 0.1) is 0 Å². The van der Waals surface area contributed by atoms with Crippen molar-refractivity contribution in [2.45, 2.75) is 50.2 Å². The summed E-state index contributed by atoms with van der Waals surface area (Å²) >= 11 is 0. The smallest absolute Gasteiger partial charge is 0.252 e. The molecule has 2 aromatic rings. The minimum absolute atomic E-state index is 0.0349. The van der Waals surface area contributed by atoms with E-state index < -0.39 is 5.60 Å². The van der Waals surface area contributed by atoms with Gasteiger partial charge in [-0.3, -0.25) is 14.7 Å². The molecule has 28 heavy (non-hydrogen) atoms. The number of ether oxygens (including phenoxy) is 1. The largest absolute Gasteiger partial charge is 0.368 e. The Balaban J connectivity index is 1.25. The van der Waals surface area contributed by atoms with Crippen LogP contribution >= 0.6 is 0 Å². The lowest BCUT2D eigenvalue weighted by atomic mass is 9.90. The molecule has 0 aromatic carbocycles. The summed E-state index contributed by atoms with van der Waals surface area (Å²) in [5, 5.41) is 7.10. The maximum Gasteiger partial charge on any atom is 0.252 e. The summed E-state index contributed by atoms with van der Waals surface area (Å²) < 4.78 is 11.1. The van der Waals surface area contributed by atoms with Crippen molar-refractivity contribution in [1.82, 2.24) is 25.3 Å². The standard InChI is InChI=1S/C20H27N5O3/c1-27-20(19(26)22-10-6-15-3-2-9-21-13-15)7-11-25(12-8-20)14-17-23-18(24-28-17)16-4-5-16/h2-3,9,13,16H,4-8,10-12,14H2,1H3,(H,22,26). The number of aromatic nitrogens is 3. The molecule has 0 bridgehead atoms. The van der Waals surface area contributed by atoms with Gasteiger partial charge in [0.2, 0.25) is 5.89 Å². The zero-order valence-corrected chi connectivity index (χ0v) is 16.3. The van der Waals surface area contributed by atoms with Crippen molar-refractivity contribution in [2.24, 2.45) is 0 Å². The molecule has 2 aromatic heterocycles. The van der Waals surface area contributed by atoms with E-state index in [1.807, 2.05) is 18.3 Å². The van der Waals surface area contributed by atoms with E-state index in [2.05, 4.69) is 25.3 Å². The summed E-state index contributed by atoms with van der Waals surface area (Å²) in [5.74, 6) is 1.96. The lowest BCUT2D eigenvalue weighted by Gasteiger charge is -2.39. The van der Waals surface area contributed by atoms with Gasteiger partial charge < -0.3 is 14.6 Å². The van der Waals surface area contributed by atoms with Crippen molar-refractivity contribution in [3.8, 4) is 0 Å². The van der Waals surface area contributed by atoms with E-state index in [0.29, 0.717) is 37.7 Å². The number of hydrogen-bond acceptors (Lipinski definition) is 7. The third-order valence-electron chi connectivity index (χ3n) is 5.68. The number of hydrogen-bond donors (Lipinski definition) is 1. The van der Waals surface area contributed by atoms with Crippen LogP contribution in [0.3, 0.4) is 0 Å². The first-order valence-corrected chi connectivity index (χ1v) is 9.96. The van der Waals surface area contributed by atoms with E-state index in [0.717, 1.165) is 43.7 Å². The fourth-order valence-corrected chi connectivity index (χ4v) is 3.65. The van der Waals surface area contributed by atoms with Crippen molar-refractivity contribution >= 4 is 5.91 Å². The number of nitrogens with zero attached hydrogens (tertiary/aromatic N) is 4. The number of piperidine rings is 1. The molecule has 0 spiro atoms. The Labute approximate surface area is 164 Å². The summed E-state index contributed by atoms with van der Waals surface area (Å²) in [6.45, 7) is 2.71. The van der Waals surface area contributed by atoms with Gasteiger partial charge in [0, 0.05) is 45.1 Å². The molecule has 2 aliphatic rings. The second-order valence-corrected chi connectivity index (χ2v) is 7.66. The first-order chi connectivity index (χ1) is 13.7. The Kier molecular flexibility index (Phi) is 5.68. The van der Waals surface area contributed by atoms with Gasteiger partial charge >= 0.3 is 0 Å². The van der Waals surface area contributed by atoms with Gasteiger partial charge in [0.1, 0.15) is 5.60 Å². The molecule has 8 heteroatoms. The Morgan fingerprint density at radius 2 is 2.21 bits per heavy atom. The highest BCUT2D eigenvalue weighted by atomic mass is 16.5. The summed E-state index contributed by atoms with van der Waals surface area (Å²) in [7, 11) is 1.62. The molecule has 2 fully saturated rings. The third kappa shape index (κ3) is 4.39. The second-order valence-electron chi connectivity index (χ2n) is 7.66. The Morgan fingerprint density at radius 1 is 1.39 bits per heavy atom. The predicted molar refractivity (Wildman–Crippen MR) is 101 cm³/mol. The number of likely N-dealkylation sites (tertiary alicyclic amines) is 1. The van der Waals surface area contributed by atoms with Crippen LogP contribution < -0.4 is 5.32 Å². The molecule has 8 nitrogen and oxygen atoms in total. The minimum Gasteiger partial charge on any atom is -0.368 e. The number of carbonyl (C=O) groups is 1. The number of methoxy groups -OCH3 is 1. The van der Waals surface area contributed by atoms with Crippen LogP contribution in [0.15, 0.2) is 29.0 Å². The molecule has 1 saturated heterocycles. The van der Waals surface area contributed by atoms with E-state index in [-0.39, 0.29) is 5.91 Å². The quantitative estimate of drug-likeness (QED) is 0.739. The summed E-state index contributed by atoms with van der Waals surface area (Å²) in [4.78, 5) is 23.6. The fraction of sp³-hybridized carbons (Fsp3) is 0.600. The highest BCUT2D eigenvalue weighted by Crippen LogP contribution is 2.38. The van der Waals surface area contributed by atoms with E-state index in [9.17, 15) is 4.79 Å². The third-order valence-corrected chi connectivity index (χ3v) is 5.68. The van der Waals surface area contributed by atoms with Crippen molar-refractivity contribution in [1.29, 1.82) is 0 Å². The van der Waals surface area contributed by atoms with Crippen molar-refractivity contribution in [3.05, 3.63) is 41.8 Å². The molecule has 3 heterocycles. The van der Waals surface area contributed by atoms with E-state index in [1.165, 1.54) is 0 Å². The molecule has 4 rings (SSSR count). The van der Waals surface area contributed by atoms with Crippen LogP contribution in [0.4, 0.5) is 0 Å². The normalized spacial score (nSPS) is 19.5. The van der Waals surface area contributed by atoms with Crippen LogP contribution in [0.1, 0.15) is 48.9 Å². The summed E-state index contributed by atoms with van der Waals surface area (Å²) in [6.07, 6.45) is 7.94. The fourth-order valence-electron chi connectivity index (χ4n) is 3.65. The molecule has 1 aliphatic carbocycles. The maximum atomic E-state index is 12.8. The van der Waals surface area contributed by atoms with E-state index in [4.69, 9.17) is 9.26 Å². The number of pyridine rings is 1. The monoisotopic (exact) mass is 385 g/mol. The van der Waals surface area contributed by atoms with Gasteiger partial charge in [0.15, 0.2) is 5.82 Å². The molecule has 1 amide bonds. The van der Waals surface area contributed by atoms with Crippen molar-refractivity contribution < 1.29 is 14.1 Å². The van der Waals surface area contributed by atoms with Gasteiger partial charge in [-0.2, -0.15) is 4.98 Å². The molecule has 1 aliphatic heterocycles. The predicted octanol–water partition coefficient (Wildman–Crippen LogP) is 1.68. The highest BCUT2D eigenvalue weighted by Gasteiger charge is 2.41. The molecule has 0 unspecified atom stereocenters. The Morgan fingerprint density at radius 3 is 2.89 bits per heavy atom. The van der Waals surface area contributed by atoms with E-state index in [1.54, 1.807) is 13.3 Å². The van der Waals surface area contributed by atoms with Crippen LogP contribution in [-0.4, -0.2) is 58.3 Å². The minimum atomic E-state index is -0.764. The maximum absolute atomic E-state index is 12.8. The van der Waals surface area contributed by atoms with Crippen molar-refractivity contribution in [2.75, 3.05) is 26.7 Å². The van der Waals surface area contributed by atoms with Gasteiger partial charge in [-0.1, -0.05) is 11.2 Å². The van der Waals surface area contributed by atoms with Gasteiger partial charge in [-0.15, -0.1) is 0 Å². The lowest BCUT2D eigenvalue weighted by Crippen LogP contribution is -2.55. The molecule has 1 saturated carbocycles. The average molecular weight is 385 g/mol. The summed E-state index contributed by atoms with van der Waals surface area (Å²) in [6, 6.07) is 3.91. The SMILES string of the molecule is COC1(C(=O)NCCc2cccnc2)CCN(Cc2nc(C3CC3)no2)CC1. The van der Waals surface area contributed by atoms with Crippen LogP contribution in [0.25, 0.3) is 0 Å². The molecule has 0 radical (unpaired) electrons. The first kappa shape index (κ1) is 19.0. The molecular weight excluding hydrogens is 358 g/mol. The van der Waals surface area contributed by atoms with E-state index >= 15 is 0 Å². The van der Waals surface area contributed by atoms with Gasteiger partial charge in [0.25, 0.3) is 5.91 Å². The summed E-state index contributed by atoms with van der Waals surface area (Å²) in [5.41, 5.74) is 0.341. The average Bonchev–Trinajstić information content (AvgIpc) is 3.49. The Bertz CT molecular complexity index is 782. The first-order valence-electron chi connectivity index (χ1n) is 9.96. The number of carbonyl (C=O) groups excluding carboxylic acids is 1. The number of nitrogens with one attached hydrogen (secondary N) is 1. The van der Waals surface area contributed by atoms with Crippen molar-refractivity contribution in [3.63, 3.8) is 0 Å². The highest BCUT2D eigenvalue weighted by molar-refractivity contribution is 5.85. The van der Waals surface area contributed by atoms with Gasteiger partial charge in [-0.05, 0) is 43.7 Å². The Hall–Kier alpha value is -2.32. The zero-order valence-electron chi connectivity index (χ0n) is 16.3. The zero-order chi connectivity index (χ0) is 19.4. The van der Waals surface area contributed by atoms with Crippen LogP contribution in [0.2, 0.25) is 0 Å². The topological polar surface area (TPSA) is 93.4 Å². The molecule has 0 atom stereocenters. The molecular formula is C20H27N5O3. The number of amides is 1. The molecule has 1 N–H and O–H groups in total. The van der Waals surface area contributed by atoms with Crippen LogP contribution in [-0.2, 0) is 22.5 Å². The lowest BCUT2D eigenvalue weighted by molar-refractivity contribution is -0.149. The van der Waals surface area contributed by atoms with Gasteiger partial charge in [0.05, 0.1) is 6.54 Å². The van der Waals surface area contributed by atoms with Gasteiger partial charge in [-0.25, -0.2) is 0 Å². The number of rotatable bonds is 8. The van der Waals surface area contributed by atoms with Crippen LogP contribution in [0.5, 0.6) is 0 Å².